The van der Waals surface area contributed by atoms with E-state index in [4.69, 9.17) is 0 Å². The fraction of sp³-hybridized carbons (Fsp3) is 0.706. The van der Waals surface area contributed by atoms with Crippen LogP contribution in [0.2, 0.25) is 0 Å². The summed E-state index contributed by atoms with van der Waals surface area (Å²) in [6, 6.07) is 4.42. The number of hydrogen-bond donors (Lipinski definition) is 1. The van der Waals surface area contributed by atoms with Gasteiger partial charge in [0.05, 0.1) is 6.04 Å². The lowest BCUT2D eigenvalue weighted by atomic mass is 9.74. The molecule has 1 aromatic rings. The summed E-state index contributed by atoms with van der Waals surface area (Å²) in [6.45, 7) is 10.5. The molecule has 2 rings (SSSR count). The SMILES string of the molecule is Cc1ccc(C(C)N(C)C(=O)C(C)(C)C2CCCNC2)s1. The first-order chi connectivity index (χ1) is 9.84. The minimum atomic E-state index is -0.303. The van der Waals surface area contributed by atoms with Crippen molar-refractivity contribution >= 4 is 17.2 Å². The minimum Gasteiger partial charge on any atom is -0.338 e. The zero-order valence-electron chi connectivity index (χ0n) is 13.9. The lowest BCUT2D eigenvalue weighted by Gasteiger charge is -2.40. The predicted molar refractivity (Wildman–Crippen MR) is 89.6 cm³/mol. The number of thiophene rings is 1. The van der Waals surface area contributed by atoms with Crippen molar-refractivity contribution in [3.05, 3.63) is 21.9 Å². The summed E-state index contributed by atoms with van der Waals surface area (Å²) in [5.74, 6) is 0.688. The maximum Gasteiger partial charge on any atom is 0.228 e. The van der Waals surface area contributed by atoms with Crippen LogP contribution in [-0.4, -0.2) is 30.9 Å². The first-order valence-electron chi connectivity index (χ1n) is 7.88. The van der Waals surface area contributed by atoms with Gasteiger partial charge in [0.2, 0.25) is 5.91 Å². The summed E-state index contributed by atoms with van der Waals surface area (Å²) in [5.41, 5.74) is -0.303. The van der Waals surface area contributed by atoms with Gasteiger partial charge in [-0.3, -0.25) is 4.79 Å². The van der Waals surface area contributed by atoms with Crippen molar-refractivity contribution in [1.82, 2.24) is 10.2 Å². The number of nitrogens with one attached hydrogen (secondary N) is 1. The van der Waals surface area contributed by atoms with Gasteiger partial charge in [0.1, 0.15) is 0 Å². The fourth-order valence-corrected chi connectivity index (χ4v) is 4.11. The van der Waals surface area contributed by atoms with E-state index in [-0.39, 0.29) is 17.4 Å². The van der Waals surface area contributed by atoms with Crippen LogP contribution in [0.3, 0.4) is 0 Å². The van der Waals surface area contributed by atoms with Crippen LogP contribution >= 0.6 is 11.3 Å². The molecule has 0 bridgehead atoms. The fourth-order valence-electron chi connectivity index (χ4n) is 3.14. The Bertz CT molecular complexity index is 489. The maximum atomic E-state index is 13.0. The molecular formula is C17H28N2OS. The molecule has 1 fully saturated rings. The number of carbonyl (C=O) groups excluding carboxylic acids is 1. The van der Waals surface area contributed by atoms with E-state index in [0.717, 1.165) is 19.5 Å². The highest BCUT2D eigenvalue weighted by Gasteiger charge is 2.40. The smallest absolute Gasteiger partial charge is 0.228 e. The van der Waals surface area contributed by atoms with Gasteiger partial charge in [0.15, 0.2) is 0 Å². The quantitative estimate of drug-likeness (QED) is 0.921. The third-order valence-corrected chi connectivity index (χ3v) is 6.11. The highest BCUT2D eigenvalue weighted by Crippen LogP contribution is 2.36. The van der Waals surface area contributed by atoms with E-state index in [2.05, 4.69) is 45.1 Å². The lowest BCUT2D eigenvalue weighted by molar-refractivity contribution is -0.144. The van der Waals surface area contributed by atoms with Crippen molar-refractivity contribution in [2.75, 3.05) is 20.1 Å². The summed E-state index contributed by atoms with van der Waals surface area (Å²) >= 11 is 1.78. The molecule has 1 amide bonds. The Balaban J connectivity index is 2.10. The molecular weight excluding hydrogens is 280 g/mol. The Morgan fingerprint density at radius 2 is 2.19 bits per heavy atom. The summed E-state index contributed by atoms with van der Waals surface area (Å²) in [4.78, 5) is 17.5. The number of hydrogen-bond acceptors (Lipinski definition) is 3. The van der Waals surface area contributed by atoms with E-state index < -0.39 is 0 Å². The number of aryl methyl sites for hydroxylation is 1. The number of nitrogens with zero attached hydrogens (tertiary/aromatic N) is 1. The number of amides is 1. The predicted octanol–water partition coefficient (Wildman–Crippen LogP) is 3.60. The lowest BCUT2D eigenvalue weighted by Crippen LogP contribution is -2.48. The highest BCUT2D eigenvalue weighted by atomic mass is 32.1. The van der Waals surface area contributed by atoms with Gasteiger partial charge in [-0.1, -0.05) is 13.8 Å². The molecule has 21 heavy (non-hydrogen) atoms. The molecule has 4 heteroatoms. The van der Waals surface area contributed by atoms with Crippen molar-refractivity contribution in [1.29, 1.82) is 0 Å². The van der Waals surface area contributed by atoms with Gasteiger partial charge in [-0.15, -0.1) is 11.3 Å². The largest absolute Gasteiger partial charge is 0.338 e. The Kier molecular flexibility index (Phi) is 5.10. The van der Waals surface area contributed by atoms with Gasteiger partial charge in [-0.25, -0.2) is 0 Å². The molecule has 118 valence electrons. The Morgan fingerprint density at radius 1 is 1.48 bits per heavy atom. The van der Waals surface area contributed by atoms with E-state index in [9.17, 15) is 4.79 Å². The standard InChI is InChI=1S/C17H28N2OS/c1-12-8-9-15(21-12)13(2)19(5)16(20)17(3,4)14-7-6-10-18-11-14/h8-9,13-14,18H,6-7,10-11H2,1-5H3. The third kappa shape index (κ3) is 3.49. The van der Waals surface area contributed by atoms with E-state index in [1.165, 1.54) is 16.2 Å². The van der Waals surface area contributed by atoms with E-state index >= 15 is 0 Å². The molecule has 1 N–H and O–H groups in total. The van der Waals surface area contributed by atoms with Crippen LogP contribution in [-0.2, 0) is 4.79 Å². The van der Waals surface area contributed by atoms with Crippen molar-refractivity contribution in [2.45, 2.75) is 46.6 Å². The first-order valence-corrected chi connectivity index (χ1v) is 8.70. The maximum absolute atomic E-state index is 13.0. The van der Waals surface area contributed by atoms with Gasteiger partial charge >= 0.3 is 0 Å². The molecule has 0 radical (unpaired) electrons. The van der Waals surface area contributed by atoms with Crippen LogP contribution < -0.4 is 5.32 Å². The molecule has 2 unspecified atom stereocenters. The summed E-state index contributed by atoms with van der Waals surface area (Å²) in [6.07, 6.45) is 2.32. The van der Waals surface area contributed by atoms with Gasteiger partial charge in [-0.05, 0) is 57.8 Å². The van der Waals surface area contributed by atoms with Crippen LogP contribution in [0, 0.1) is 18.3 Å². The van der Waals surface area contributed by atoms with E-state index in [1.54, 1.807) is 11.3 Å². The van der Waals surface area contributed by atoms with Gasteiger partial charge in [-0.2, -0.15) is 0 Å². The molecule has 3 nitrogen and oxygen atoms in total. The zero-order valence-corrected chi connectivity index (χ0v) is 14.7. The molecule has 0 saturated carbocycles. The summed E-state index contributed by atoms with van der Waals surface area (Å²) in [5, 5.41) is 3.43. The van der Waals surface area contributed by atoms with Gasteiger partial charge in [0.25, 0.3) is 0 Å². The van der Waals surface area contributed by atoms with E-state index in [0.29, 0.717) is 5.92 Å². The molecule has 1 aliphatic heterocycles. The van der Waals surface area contributed by atoms with Crippen molar-refractivity contribution in [3.63, 3.8) is 0 Å². The molecule has 0 aliphatic carbocycles. The van der Waals surface area contributed by atoms with Crippen molar-refractivity contribution in [2.24, 2.45) is 11.3 Å². The molecule has 2 heterocycles. The molecule has 1 aromatic heterocycles. The molecule has 2 atom stereocenters. The highest BCUT2D eigenvalue weighted by molar-refractivity contribution is 7.12. The van der Waals surface area contributed by atoms with Crippen molar-refractivity contribution < 1.29 is 4.79 Å². The summed E-state index contributed by atoms with van der Waals surface area (Å²) < 4.78 is 0. The number of piperidine rings is 1. The number of carbonyl (C=O) groups is 1. The molecule has 1 saturated heterocycles. The third-order valence-electron chi connectivity index (χ3n) is 4.94. The average Bonchev–Trinajstić information content (AvgIpc) is 2.92. The van der Waals surface area contributed by atoms with Gasteiger partial charge in [0, 0.05) is 22.2 Å². The van der Waals surface area contributed by atoms with Crippen molar-refractivity contribution in [3.8, 4) is 0 Å². The Hall–Kier alpha value is -0.870. The van der Waals surface area contributed by atoms with Crippen LogP contribution in [0.25, 0.3) is 0 Å². The second-order valence-electron chi connectivity index (χ2n) is 6.81. The zero-order chi connectivity index (χ0) is 15.6. The summed E-state index contributed by atoms with van der Waals surface area (Å²) in [7, 11) is 1.94. The topological polar surface area (TPSA) is 32.3 Å². The monoisotopic (exact) mass is 308 g/mol. The average molecular weight is 308 g/mol. The molecule has 1 aliphatic rings. The van der Waals surface area contributed by atoms with E-state index in [1.807, 2.05) is 11.9 Å². The molecule has 0 aromatic carbocycles. The Labute approximate surface area is 132 Å². The van der Waals surface area contributed by atoms with Crippen LogP contribution in [0.5, 0.6) is 0 Å². The second kappa shape index (κ2) is 6.49. The Morgan fingerprint density at radius 3 is 2.71 bits per heavy atom. The van der Waals surface area contributed by atoms with Crippen LogP contribution in [0.1, 0.15) is 49.4 Å². The normalized spacial score (nSPS) is 21.1. The first kappa shape index (κ1) is 16.5. The minimum absolute atomic E-state index is 0.145. The number of rotatable bonds is 4. The molecule has 0 spiro atoms. The second-order valence-corrected chi connectivity index (χ2v) is 8.12. The van der Waals surface area contributed by atoms with Crippen LogP contribution in [0.15, 0.2) is 12.1 Å². The van der Waals surface area contributed by atoms with Gasteiger partial charge < -0.3 is 10.2 Å². The van der Waals surface area contributed by atoms with Crippen LogP contribution in [0.4, 0.5) is 0 Å².